The van der Waals surface area contributed by atoms with Crippen LogP contribution < -0.4 is 0 Å². The van der Waals surface area contributed by atoms with Gasteiger partial charge in [0.1, 0.15) is 0 Å². The van der Waals surface area contributed by atoms with Crippen LogP contribution in [0.1, 0.15) is 19.4 Å². The molecule has 0 aliphatic heterocycles. The lowest BCUT2D eigenvalue weighted by atomic mass is 9.82. The van der Waals surface area contributed by atoms with Crippen LogP contribution in [0, 0.1) is 0 Å². The summed E-state index contributed by atoms with van der Waals surface area (Å²) < 4.78 is 0. The van der Waals surface area contributed by atoms with Crippen LogP contribution in [0.2, 0.25) is 5.02 Å². The molecular formula is C41H29ClO. The predicted octanol–water partition coefficient (Wildman–Crippen LogP) is 11.5. The zero-order valence-corrected chi connectivity index (χ0v) is 24.8. The van der Waals surface area contributed by atoms with E-state index in [4.69, 9.17) is 11.6 Å². The van der Waals surface area contributed by atoms with Crippen molar-refractivity contribution in [3.63, 3.8) is 0 Å². The van der Waals surface area contributed by atoms with E-state index < -0.39 is 5.60 Å². The van der Waals surface area contributed by atoms with Gasteiger partial charge in [-0.1, -0.05) is 133 Å². The zero-order chi connectivity index (χ0) is 29.3. The molecule has 0 atom stereocenters. The van der Waals surface area contributed by atoms with Crippen molar-refractivity contribution >= 4 is 33.1 Å². The Morgan fingerprint density at radius 1 is 0.465 bits per heavy atom. The first-order chi connectivity index (χ1) is 20.9. The second-order valence-electron chi connectivity index (χ2n) is 11.9. The standard InChI is InChI=1S/C41H29ClO/c1-41(2,43)35-24-27(42)20-21-29(35)28-22-23-34-38-30(28)18-11-19-33(38)39-36(25-12-5-3-6-13-25)31-16-9-10-17-32(31)37(40(34)39)26-14-7-4-8-15-26/h3-24,43H,1-2H3. The van der Waals surface area contributed by atoms with Crippen molar-refractivity contribution in [1.82, 2.24) is 0 Å². The van der Waals surface area contributed by atoms with Gasteiger partial charge in [-0.3, -0.25) is 0 Å². The first-order valence-corrected chi connectivity index (χ1v) is 15.1. The van der Waals surface area contributed by atoms with Crippen LogP contribution in [-0.2, 0) is 5.60 Å². The van der Waals surface area contributed by atoms with Crippen LogP contribution >= 0.6 is 11.6 Å². The summed E-state index contributed by atoms with van der Waals surface area (Å²) in [5.74, 6) is 0. The van der Waals surface area contributed by atoms with Gasteiger partial charge in [-0.05, 0) is 109 Å². The van der Waals surface area contributed by atoms with Crippen molar-refractivity contribution in [2.75, 3.05) is 0 Å². The summed E-state index contributed by atoms with van der Waals surface area (Å²) in [6.45, 7) is 3.64. The molecular weight excluding hydrogens is 544 g/mol. The van der Waals surface area contributed by atoms with Gasteiger partial charge in [0.15, 0.2) is 0 Å². The molecule has 0 spiro atoms. The lowest BCUT2D eigenvalue weighted by molar-refractivity contribution is 0.0792. The van der Waals surface area contributed by atoms with Crippen LogP contribution in [-0.4, -0.2) is 5.11 Å². The molecule has 0 fully saturated rings. The number of rotatable bonds is 4. The highest BCUT2D eigenvalue weighted by atomic mass is 35.5. The Morgan fingerprint density at radius 2 is 0.953 bits per heavy atom. The summed E-state index contributed by atoms with van der Waals surface area (Å²) >= 11 is 6.44. The van der Waals surface area contributed by atoms with E-state index in [1.165, 1.54) is 66.1 Å². The Balaban J connectivity index is 1.54. The second kappa shape index (κ2) is 9.67. The molecule has 0 aromatic heterocycles. The van der Waals surface area contributed by atoms with Crippen molar-refractivity contribution in [2.24, 2.45) is 0 Å². The molecule has 1 nitrogen and oxygen atoms in total. The highest BCUT2D eigenvalue weighted by molar-refractivity contribution is 6.31. The Labute approximate surface area is 256 Å². The molecule has 7 aromatic carbocycles. The fourth-order valence-corrected chi connectivity index (χ4v) is 7.27. The largest absolute Gasteiger partial charge is 0.386 e. The van der Waals surface area contributed by atoms with E-state index in [9.17, 15) is 5.11 Å². The fraction of sp³-hybridized carbons (Fsp3) is 0.0732. The predicted molar refractivity (Wildman–Crippen MR) is 182 cm³/mol. The van der Waals surface area contributed by atoms with E-state index in [1.54, 1.807) is 0 Å². The summed E-state index contributed by atoms with van der Waals surface area (Å²) in [4.78, 5) is 0. The minimum Gasteiger partial charge on any atom is -0.386 e. The Morgan fingerprint density at radius 3 is 1.53 bits per heavy atom. The molecule has 0 saturated heterocycles. The number of benzene rings is 7. The molecule has 0 radical (unpaired) electrons. The third-order valence-corrected chi connectivity index (χ3v) is 9.09. The van der Waals surface area contributed by atoms with Crippen molar-refractivity contribution in [1.29, 1.82) is 0 Å². The van der Waals surface area contributed by atoms with E-state index >= 15 is 0 Å². The molecule has 0 unspecified atom stereocenters. The van der Waals surface area contributed by atoms with E-state index in [1.807, 2.05) is 32.0 Å². The van der Waals surface area contributed by atoms with Crippen molar-refractivity contribution in [3.8, 4) is 55.6 Å². The minimum absolute atomic E-state index is 0.617. The number of hydrogen-bond donors (Lipinski definition) is 1. The third kappa shape index (κ3) is 3.97. The van der Waals surface area contributed by atoms with Gasteiger partial charge < -0.3 is 5.11 Å². The molecule has 1 aliphatic rings. The highest BCUT2D eigenvalue weighted by Gasteiger charge is 2.31. The van der Waals surface area contributed by atoms with Crippen molar-refractivity contribution in [2.45, 2.75) is 19.4 Å². The summed E-state index contributed by atoms with van der Waals surface area (Å²) in [7, 11) is 0. The van der Waals surface area contributed by atoms with E-state index in [0.717, 1.165) is 16.7 Å². The van der Waals surface area contributed by atoms with Gasteiger partial charge in [-0.2, -0.15) is 0 Å². The van der Waals surface area contributed by atoms with Gasteiger partial charge in [-0.25, -0.2) is 0 Å². The Kier molecular flexibility index (Phi) is 5.84. The maximum absolute atomic E-state index is 11.2. The number of hydrogen-bond acceptors (Lipinski definition) is 1. The Hall–Kier alpha value is -4.69. The van der Waals surface area contributed by atoms with Crippen LogP contribution in [0.5, 0.6) is 0 Å². The second-order valence-corrected chi connectivity index (χ2v) is 12.4. The first kappa shape index (κ1) is 26.0. The van der Waals surface area contributed by atoms with Gasteiger partial charge in [0, 0.05) is 5.02 Å². The maximum Gasteiger partial charge on any atom is 0.0847 e. The summed E-state index contributed by atoms with van der Waals surface area (Å²) in [5, 5.41) is 16.7. The van der Waals surface area contributed by atoms with E-state index in [-0.39, 0.29) is 0 Å². The number of fused-ring (bicyclic) bond motifs is 4. The van der Waals surface area contributed by atoms with Crippen molar-refractivity contribution in [3.05, 3.63) is 144 Å². The molecule has 0 heterocycles. The molecule has 0 amide bonds. The van der Waals surface area contributed by atoms with Gasteiger partial charge in [-0.15, -0.1) is 0 Å². The van der Waals surface area contributed by atoms with Crippen LogP contribution in [0.3, 0.4) is 0 Å². The zero-order valence-electron chi connectivity index (χ0n) is 24.0. The summed E-state index contributed by atoms with van der Waals surface area (Å²) in [5.41, 5.74) is 11.8. The fourth-order valence-electron chi connectivity index (χ4n) is 7.10. The lowest BCUT2D eigenvalue weighted by Crippen LogP contribution is -2.16. The summed E-state index contributed by atoms with van der Waals surface area (Å²) in [6, 6.07) is 47.4. The first-order valence-electron chi connectivity index (χ1n) is 14.7. The molecule has 2 heteroatoms. The van der Waals surface area contributed by atoms with E-state index in [2.05, 4.69) is 115 Å². The minimum atomic E-state index is -1.05. The van der Waals surface area contributed by atoms with Gasteiger partial charge in [0.05, 0.1) is 5.60 Å². The van der Waals surface area contributed by atoms with Crippen LogP contribution in [0.4, 0.5) is 0 Å². The monoisotopic (exact) mass is 572 g/mol. The topological polar surface area (TPSA) is 20.2 Å². The molecule has 206 valence electrons. The van der Waals surface area contributed by atoms with Crippen molar-refractivity contribution < 1.29 is 5.11 Å². The van der Waals surface area contributed by atoms with Crippen LogP contribution in [0.25, 0.3) is 77.2 Å². The van der Waals surface area contributed by atoms with E-state index in [0.29, 0.717) is 5.02 Å². The number of aliphatic hydroxyl groups is 1. The smallest absolute Gasteiger partial charge is 0.0847 e. The third-order valence-electron chi connectivity index (χ3n) is 8.85. The molecule has 0 saturated carbocycles. The lowest BCUT2D eigenvalue weighted by Gasteiger charge is -2.23. The highest BCUT2D eigenvalue weighted by Crippen LogP contribution is 2.58. The Bertz CT molecular complexity index is 2110. The average Bonchev–Trinajstić information content (AvgIpc) is 3.35. The number of halogens is 1. The quantitative estimate of drug-likeness (QED) is 0.222. The van der Waals surface area contributed by atoms with Gasteiger partial charge in [0.2, 0.25) is 0 Å². The van der Waals surface area contributed by atoms with Crippen LogP contribution in [0.15, 0.2) is 133 Å². The molecule has 8 rings (SSSR count). The maximum atomic E-state index is 11.2. The normalized spacial score (nSPS) is 12.2. The average molecular weight is 573 g/mol. The summed E-state index contributed by atoms with van der Waals surface area (Å²) in [6.07, 6.45) is 0. The van der Waals surface area contributed by atoms with Gasteiger partial charge >= 0.3 is 0 Å². The molecule has 0 bridgehead atoms. The molecule has 43 heavy (non-hydrogen) atoms. The van der Waals surface area contributed by atoms with Gasteiger partial charge in [0.25, 0.3) is 0 Å². The molecule has 1 aliphatic carbocycles. The SMILES string of the molecule is CC(C)(O)c1cc(Cl)ccc1-c1ccc2c3c(cccc13)-c1c-2c(-c2ccccc2)c2ccccc2c1-c1ccccc1. The molecule has 1 N–H and O–H groups in total. The molecule has 7 aromatic rings.